The predicted molar refractivity (Wildman–Crippen MR) is 65.9 cm³/mol. The number of amides is 1. The molecule has 0 saturated carbocycles. The van der Waals surface area contributed by atoms with Crippen molar-refractivity contribution in [2.24, 2.45) is 11.7 Å². The Balaban J connectivity index is 2.61. The van der Waals surface area contributed by atoms with E-state index in [9.17, 15) is 9.59 Å². The summed E-state index contributed by atoms with van der Waals surface area (Å²) in [4.78, 5) is 26.4. The molecule has 6 nitrogen and oxygen atoms in total. The van der Waals surface area contributed by atoms with Crippen LogP contribution in [0.3, 0.4) is 0 Å². The van der Waals surface area contributed by atoms with Crippen LogP contribution in [0, 0.1) is 5.92 Å². The van der Waals surface area contributed by atoms with Crippen molar-refractivity contribution >= 4 is 11.9 Å². The zero-order valence-corrected chi connectivity index (χ0v) is 10.2. The first-order valence-electron chi connectivity index (χ1n) is 5.74. The van der Waals surface area contributed by atoms with E-state index in [1.807, 2.05) is 6.92 Å². The lowest BCUT2D eigenvalue weighted by molar-refractivity contribution is -0.124. The average Bonchev–Trinajstić information content (AvgIpc) is 2.38. The molecule has 0 spiro atoms. The van der Waals surface area contributed by atoms with Crippen LogP contribution in [-0.4, -0.2) is 28.5 Å². The molecule has 0 saturated heterocycles. The molecule has 1 amide bonds. The van der Waals surface area contributed by atoms with Gasteiger partial charge in [-0.2, -0.15) is 0 Å². The molecule has 1 atom stereocenters. The fourth-order valence-corrected chi connectivity index (χ4v) is 1.49. The first-order valence-corrected chi connectivity index (χ1v) is 5.74. The second-order valence-electron chi connectivity index (χ2n) is 3.90. The number of nitrogens with one attached hydrogen (secondary N) is 1. The number of carboxylic acid groups (broad SMARTS) is 1. The highest BCUT2D eigenvalue weighted by Gasteiger charge is 2.14. The van der Waals surface area contributed by atoms with E-state index in [1.165, 1.54) is 18.3 Å². The fraction of sp³-hybridized carbons (Fsp3) is 0.417. The van der Waals surface area contributed by atoms with E-state index in [0.717, 1.165) is 0 Å². The molecule has 1 aromatic heterocycles. The molecular weight excluding hydrogens is 234 g/mol. The summed E-state index contributed by atoms with van der Waals surface area (Å²) in [6.45, 7) is 2.39. The van der Waals surface area contributed by atoms with Crippen LogP contribution in [0.2, 0.25) is 0 Å². The Morgan fingerprint density at radius 1 is 1.56 bits per heavy atom. The number of pyridine rings is 1. The lowest BCUT2D eigenvalue weighted by Gasteiger charge is -2.12. The zero-order chi connectivity index (χ0) is 13.5. The van der Waals surface area contributed by atoms with Gasteiger partial charge in [0, 0.05) is 18.7 Å². The van der Waals surface area contributed by atoms with Gasteiger partial charge in [-0.15, -0.1) is 0 Å². The Morgan fingerprint density at radius 3 is 2.83 bits per heavy atom. The van der Waals surface area contributed by atoms with Gasteiger partial charge in [0.15, 0.2) is 0 Å². The highest BCUT2D eigenvalue weighted by Crippen LogP contribution is 2.03. The summed E-state index contributed by atoms with van der Waals surface area (Å²) in [7, 11) is 0. The van der Waals surface area contributed by atoms with Gasteiger partial charge < -0.3 is 16.2 Å². The van der Waals surface area contributed by atoms with Crippen molar-refractivity contribution in [1.82, 2.24) is 10.3 Å². The molecule has 18 heavy (non-hydrogen) atoms. The number of aromatic carboxylic acids is 1. The molecule has 1 rings (SSSR count). The smallest absolute Gasteiger partial charge is 0.335 e. The lowest BCUT2D eigenvalue weighted by atomic mass is 10.1. The number of nitrogens with two attached hydrogens (primary N) is 1. The summed E-state index contributed by atoms with van der Waals surface area (Å²) in [5.41, 5.74) is 6.13. The van der Waals surface area contributed by atoms with Crippen LogP contribution in [-0.2, 0) is 11.3 Å². The van der Waals surface area contributed by atoms with E-state index >= 15 is 0 Å². The predicted octanol–water partition coefficient (Wildman–Crippen LogP) is 0.381. The van der Waals surface area contributed by atoms with Gasteiger partial charge in [0.25, 0.3) is 0 Å². The van der Waals surface area contributed by atoms with Crippen molar-refractivity contribution in [2.45, 2.75) is 19.9 Å². The van der Waals surface area contributed by atoms with Gasteiger partial charge in [0.05, 0.1) is 17.8 Å². The van der Waals surface area contributed by atoms with Crippen LogP contribution in [0.4, 0.5) is 0 Å². The quantitative estimate of drug-likeness (QED) is 0.678. The van der Waals surface area contributed by atoms with E-state index in [-0.39, 0.29) is 23.9 Å². The number of aromatic nitrogens is 1. The van der Waals surface area contributed by atoms with Gasteiger partial charge in [-0.1, -0.05) is 6.92 Å². The zero-order valence-electron chi connectivity index (χ0n) is 10.2. The normalized spacial score (nSPS) is 11.9. The Bertz CT molecular complexity index is 430. The summed E-state index contributed by atoms with van der Waals surface area (Å²) in [5, 5.41) is 11.5. The molecule has 0 aromatic carbocycles. The van der Waals surface area contributed by atoms with Crippen molar-refractivity contribution in [3.05, 3.63) is 29.6 Å². The summed E-state index contributed by atoms with van der Waals surface area (Å²) in [5.74, 6) is -1.37. The maximum Gasteiger partial charge on any atom is 0.335 e. The molecule has 0 bridgehead atoms. The van der Waals surface area contributed by atoms with Gasteiger partial charge in [0.1, 0.15) is 0 Å². The van der Waals surface area contributed by atoms with E-state index < -0.39 is 5.97 Å². The first-order chi connectivity index (χ1) is 8.58. The maximum absolute atomic E-state index is 11.7. The van der Waals surface area contributed by atoms with Crippen molar-refractivity contribution in [2.75, 3.05) is 6.54 Å². The van der Waals surface area contributed by atoms with Crippen molar-refractivity contribution < 1.29 is 14.7 Å². The molecule has 98 valence electrons. The number of carbonyl (C=O) groups is 2. The lowest BCUT2D eigenvalue weighted by Crippen LogP contribution is -2.34. The number of hydrogen-bond donors (Lipinski definition) is 3. The molecule has 1 heterocycles. The summed E-state index contributed by atoms with van der Waals surface area (Å²) in [6, 6.07) is 2.84. The SMILES string of the molecule is CCC(CN)C(=O)NCc1cc(C(=O)O)ccn1. The van der Waals surface area contributed by atoms with Gasteiger partial charge >= 0.3 is 5.97 Å². The van der Waals surface area contributed by atoms with Crippen LogP contribution < -0.4 is 11.1 Å². The van der Waals surface area contributed by atoms with E-state index in [4.69, 9.17) is 10.8 Å². The largest absolute Gasteiger partial charge is 0.478 e. The number of carbonyl (C=O) groups excluding carboxylic acids is 1. The van der Waals surface area contributed by atoms with Crippen molar-refractivity contribution in [3.8, 4) is 0 Å². The van der Waals surface area contributed by atoms with Crippen molar-refractivity contribution in [1.29, 1.82) is 0 Å². The van der Waals surface area contributed by atoms with Crippen LogP contribution >= 0.6 is 0 Å². The third-order valence-electron chi connectivity index (χ3n) is 2.66. The summed E-state index contributed by atoms with van der Waals surface area (Å²) in [6.07, 6.45) is 2.08. The highest BCUT2D eigenvalue weighted by molar-refractivity contribution is 5.87. The monoisotopic (exact) mass is 251 g/mol. The molecule has 0 radical (unpaired) electrons. The van der Waals surface area contributed by atoms with Gasteiger partial charge in [-0.25, -0.2) is 4.79 Å². The molecule has 1 aromatic rings. The van der Waals surface area contributed by atoms with E-state index in [2.05, 4.69) is 10.3 Å². The molecule has 0 aliphatic carbocycles. The highest BCUT2D eigenvalue weighted by atomic mass is 16.4. The van der Waals surface area contributed by atoms with Gasteiger partial charge in [0.2, 0.25) is 5.91 Å². The van der Waals surface area contributed by atoms with Gasteiger partial charge in [-0.05, 0) is 18.6 Å². The first kappa shape index (κ1) is 14.1. The maximum atomic E-state index is 11.7. The topological polar surface area (TPSA) is 105 Å². The molecule has 0 aliphatic rings. The van der Waals surface area contributed by atoms with E-state index in [0.29, 0.717) is 18.7 Å². The summed E-state index contributed by atoms with van der Waals surface area (Å²) < 4.78 is 0. The number of hydrogen-bond acceptors (Lipinski definition) is 4. The second-order valence-corrected chi connectivity index (χ2v) is 3.90. The Morgan fingerprint density at radius 2 is 2.28 bits per heavy atom. The summed E-state index contributed by atoms with van der Waals surface area (Å²) >= 11 is 0. The molecule has 0 aliphatic heterocycles. The van der Waals surface area contributed by atoms with Crippen LogP contribution in [0.1, 0.15) is 29.4 Å². The molecule has 1 unspecified atom stereocenters. The van der Waals surface area contributed by atoms with Gasteiger partial charge in [-0.3, -0.25) is 9.78 Å². The Labute approximate surface area is 105 Å². The fourth-order valence-electron chi connectivity index (χ4n) is 1.49. The Kier molecular flexibility index (Phi) is 5.26. The standard InChI is InChI=1S/C12H17N3O3/c1-2-8(6-13)11(16)15-7-10-5-9(12(17)18)3-4-14-10/h3-5,8H,2,6-7,13H2,1H3,(H,15,16)(H,17,18). The molecule has 4 N–H and O–H groups in total. The van der Waals surface area contributed by atoms with Crippen molar-refractivity contribution in [3.63, 3.8) is 0 Å². The minimum Gasteiger partial charge on any atom is -0.478 e. The van der Waals surface area contributed by atoms with E-state index in [1.54, 1.807) is 0 Å². The molecule has 6 heteroatoms. The molecule has 0 fully saturated rings. The molecular formula is C12H17N3O3. The average molecular weight is 251 g/mol. The van der Waals surface area contributed by atoms with Crippen LogP contribution in [0.5, 0.6) is 0 Å². The van der Waals surface area contributed by atoms with Crippen LogP contribution in [0.15, 0.2) is 18.3 Å². The number of carboxylic acids is 1. The minimum absolute atomic E-state index is 0.137. The third kappa shape index (κ3) is 3.81. The second kappa shape index (κ2) is 6.70. The number of rotatable bonds is 6. The Hall–Kier alpha value is -1.95. The number of nitrogens with zero attached hydrogens (tertiary/aromatic N) is 1. The van der Waals surface area contributed by atoms with Crippen LogP contribution in [0.25, 0.3) is 0 Å². The minimum atomic E-state index is -1.02. The third-order valence-corrected chi connectivity index (χ3v) is 2.66.